The molecule has 0 aliphatic carbocycles. The second-order valence-electron chi connectivity index (χ2n) is 6.38. The van der Waals surface area contributed by atoms with Gasteiger partial charge in [-0.2, -0.15) is 0 Å². The van der Waals surface area contributed by atoms with Crippen molar-refractivity contribution >= 4 is 16.9 Å². The number of para-hydroxylation sites is 2. The lowest BCUT2D eigenvalue weighted by Crippen LogP contribution is -2.42. The Morgan fingerprint density at radius 1 is 1.38 bits per heavy atom. The molecule has 5 heteroatoms. The van der Waals surface area contributed by atoms with Gasteiger partial charge in [0.25, 0.3) is 0 Å². The molecule has 3 N–H and O–H groups in total. The highest BCUT2D eigenvalue weighted by Crippen LogP contribution is 2.13. The highest BCUT2D eigenvalue weighted by atomic mass is 15.2. The largest absolute Gasteiger partial charge is 0.357 e. The number of aromatic nitrogens is 2. The van der Waals surface area contributed by atoms with E-state index in [0.29, 0.717) is 12.6 Å². The number of imidazole rings is 1. The fourth-order valence-electron chi connectivity index (χ4n) is 2.84. The minimum atomic E-state index is 0.308. The summed E-state index contributed by atoms with van der Waals surface area (Å²) in [6.45, 7) is 8.34. The third-order valence-corrected chi connectivity index (χ3v) is 4.21. The SMILES string of the molecule is C=C(C)/C=C\C(=NCc1nc2ccccc2[nH]1)N1CCC(N)CC1. The van der Waals surface area contributed by atoms with Crippen LogP contribution >= 0.6 is 0 Å². The molecule has 1 aliphatic rings. The van der Waals surface area contributed by atoms with Gasteiger partial charge in [-0.15, -0.1) is 0 Å². The lowest BCUT2D eigenvalue weighted by atomic mass is 10.1. The highest BCUT2D eigenvalue weighted by Gasteiger charge is 2.17. The lowest BCUT2D eigenvalue weighted by Gasteiger charge is -2.31. The summed E-state index contributed by atoms with van der Waals surface area (Å²) in [6.07, 6.45) is 6.06. The number of rotatable bonds is 4. The maximum Gasteiger partial charge on any atom is 0.129 e. The Morgan fingerprint density at radius 3 is 2.83 bits per heavy atom. The summed E-state index contributed by atoms with van der Waals surface area (Å²) in [6, 6.07) is 8.35. The van der Waals surface area contributed by atoms with Crippen molar-refractivity contribution in [2.75, 3.05) is 13.1 Å². The van der Waals surface area contributed by atoms with Crippen LogP contribution < -0.4 is 5.73 Å². The number of piperidine rings is 1. The zero-order valence-corrected chi connectivity index (χ0v) is 14.2. The summed E-state index contributed by atoms with van der Waals surface area (Å²) in [5.74, 6) is 1.86. The molecular weight excluding hydrogens is 298 g/mol. The molecule has 126 valence electrons. The molecule has 1 fully saturated rings. The molecule has 1 aromatic heterocycles. The number of nitrogens with one attached hydrogen (secondary N) is 1. The van der Waals surface area contributed by atoms with Crippen LogP contribution in [-0.2, 0) is 6.54 Å². The molecule has 0 amide bonds. The van der Waals surface area contributed by atoms with Crippen LogP contribution in [0.3, 0.4) is 0 Å². The number of benzene rings is 1. The first-order valence-corrected chi connectivity index (χ1v) is 8.44. The number of likely N-dealkylation sites (tertiary alicyclic amines) is 1. The van der Waals surface area contributed by atoms with Gasteiger partial charge in [0.1, 0.15) is 11.7 Å². The Labute approximate surface area is 143 Å². The molecule has 5 nitrogen and oxygen atoms in total. The van der Waals surface area contributed by atoms with E-state index >= 15 is 0 Å². The molecule has 0 unspecified atom stereocenters. The zero-order valence-electron chi connectivity index (χ0n) is 14.2. The molecule has 0 spiro atoms. The van der Waals surface area contributed by atoms with Crippen molar-refractivity contribution in [3.8, 4) is 0 Å². The topological polar surface area (TPSA) is 70.3 Å². The van der Waals surface area contributed by atoms with Gasteiger partial charge in [0, 0.05) is 19.1 Å². The van der Waals surface area contributed by atoms with Crippen LogP contribution in [0.25, 0.3) is 11.0 Å². The van der Waals surface area contributed by atoms with E-state index in [-0.39, 0.29) is 0 Å². The van der Waals surface area contributed by atoms with E-state index in [1.54, 1.807) is 0 Å². The fourth-order valence-corrected chi connectivity index (χ4v) is 2.84. The summed E-state index contributed by atoms with van der Waals surface area (Å²) in [5.41, 5.74) is 9.05. The van der Waals surface area contributed by atoms with Gasteiger partial charge in [-0.3, -0.25) is 4.99 Å². The van der Waals surface area contributed by atoms with Crippen molar-refractivity contribution in [3.05, 3.63) is 54.4 Å². The number of hydrogen-bond donors (Lipinski definition) is 2. The zero-order chi connectivity index (χ0) is 16.9. The number of amidine groups is 1. The van der Waals surface area contributed by atoms with Crippen LogP contribution in [-0.4, -0.2) is 39.8 Å². The van der Waals surface area contributed by atoms with Crippen LogP contribution in [0, 0.1) is 0 Å². The van der Waals surface area contributed by atoms with Crippen LogP contribution in [0.2, 0.25) is 0 Å². The summed E-state index contributed by atoms with van der Waals surface area (Å²) < 4.78 is 0. The second kappa shape index (κ2) is 7.45. The van der Waals surface area contributed by atoms with Crippen LogP contribution in [0.5, 0.6) is 0 Å². The molecular formula is C19H25N5. The van der Waals surface area contributed by atoms with Crippen molar-refractivity contribution in [2.45, 2.75) is 32.4 Å². The quantitative estimate of drug-likeness (QED) is 0.516. The number of hydrogen-bond acceptors (Lipinski definition) is 3. The second-order valence-corrected chi connectivity index (χ2v) is 6.38. The van der Waals surface area contributed by atoms with Gasteiger partial charge in [0.05, 0.1) is 17.6 Å². The third-order valence-electron chi connectivity index (χ3n) is 4.21. The first-order valence-electron chi connectivity index (χ1n) is 8.44. The number of aliphatic imine (C=N–C) groups is 1. The van der Waals surface area contributed by atoms with E-state index in [1.165, 1.54) is 0 Å². The molecule has 1 aliphatic heterocycles. The van der Waals surface area contributed by atoms with Crippen molar-refractivity contribution in [1.29, 1.82) is 0 Å². The molecule has 0 radical (unpaired) electrons. The average molecular weight is 323 g/mol. The average Bonchev–Trinajstić information content (AvgIpc) is 2.98. The molecule has 1 aromatic carbocycles. The van der Waals surface area contributed by atoms with Gasteiger partial charge in [0.15, 0.2) is 0 Å². The smallest absolute Gasteiger partial charge is 0.129 e. The maximum atomic E-state index is 6.01. The van der Waals surface area contributed by atoms with Gasteiger partial charge in [-0.1, -0.05) is 30.4 Å². The van der Waals surface area contributed by atoms with Crippen molar-refractivity contribution < 1.29 is 0 Å². The fraction of sp³-hybridized carbons (Fsp3) is 0.368. The Kier molecular flexibility index (Phi) is 5.11. The van der Waals surface area contributed by atoms with Gasteiger partial charge in [-0.25, -0.2) is 4.98 Å². The third kappa shape index (κ3) is 4.11. The summed E-state index contributed by atoms with van der Waals surface area (Å²) in [4.78, 5) is 15.0. The highest BCUT2D eigenvalue weighted by molar-refractivity contribution is 5.93. The number of nitrogens with two attached hydrogens (primary N) is 1. The van der Waals surface area contributed by atoms with Crippen molar-refractivity contribution in [3.63, 3.8) is 0 Å². The van der Waals surface area contributed by atoms with E-state index in [9.17, 15) is 0 Å². The van der Waals surface area contributed by atoms with Gasteiger partial charge in [-0.05, 0) is 38.0 Å². The summed E-state index contributed by atoms with van der Waals surface area (Å²) in [5, 5.41) is 0. The first-order chi connectivity index (χ1) is 11.6. The van der Waals surface area contributed by atoms with E-state index < -0.39 is 0 Å². The minimum Gasteiger partial charge on any atom is -0.357 e. The van der Waals surface area contributed by atoms with Crippen LogP contribution in [0.4, 0.5) is 0 Å². The molecule has 0 atom stereocenters. The Morgan fingerprint density at radius 2 is 2.12 bits per heavy atom. The van der Waals surface area contributed by atoms with Crippen LogP contribution in [0.1, 0.15) is 25.6 Å². The van der Waals surface area contributed by atoms with Crippen LogP contribution in [0.15, 0.2) is 53.6 Å². The van der Waals surface area contributed by atoms with E-state index in [0.717, 1.165) is 54.2 Å². The summed E-state index contributed by atoms with van der Waals surface area (Å²) >= 11 is 0. The van der Waals surface area contributed by atoms with Crippen molar-refractivity contribution in [1.82, 2.24) is 14.9 Å². The summed E-state index contributed by atoms with van der Waals surface area (Å²) in [7, 11) is 0. The normalized spacial score (nSPS) is 17.1. The van der Waals surface area contributed by atoms with Gasteiger partial charge in [0.2, 0.25) is 0 Å². The number of fused-ring (bicyclic) bond motifs is 1. The predicted molar refractivity (Wildman–Crippen MR) is 100.0 cm³/mol. The molecule has 2 heterocycles. The number of allylic oxidation sites excluding steroid dienone is 2. The minimum absolute atomic E-state index is 0.308. The maximum absolute atomic E-state index is 6.01. The number of aromatic amines is 1. The number of nitrogens with zero attached hydrogens (tertiary/aromatic N) is 3. The van der Waals surface area contributed by atoms with E-state index in [1.807, 2.05) is 43.3 Å². The molecule has 0 saturated carbocycles. The first kappa shape index (κ1) is 16.5. The Hall–Kier alpha value is -2.40. The molecule has 2 aromatic rings. The molecule has 1 saturated heterocycles. The number of H-pyrrole nitrogens is 1. The standard InChI is InChI=1S/C19H25N5/c1-14(2)7-8-19(24-11-9-15(20)10-12-24)21-13-18-22-16-5-3-4-6-17(16)23-18/h3-8,15H,1,9-13,20H2,2H3,(H,22,23)/b8-7-,21-19?. The Balaban J connectivity index is 1.78. The lowest BCUT2D eigenvalue weighted by molar-refractivity contribution is 0.314. The van der Waals surface area contributed by atoms with Crippen molar-refractivity contribution in [2.24, 2.45) is 10.7 Å². The Bertz CT molecular complexity index is 730. The van der Waals surface area contributed by atoms with Gasteiger partial charge >= 0.3 is 0 Å². The molecule has 3 rings (SSSR count). The monoisotopic (exact) mass is 323 g/mol. The van der Waals surface area contributed by atoms with Gasteiger partial charge < -0.3 is 15.6 Å². The predicted octanol–water partition coefficient (Wildman–Crippen LogP) is 3.02. The molecule has 24 heavy (non-hydrogen) atoms. The van der Waals surface area contributed by atoms with E-state index in [4.69, 9.17) is 10.7 Å². The van der Waals surface area contributed by atoms with E-state index in [2.05, 4.69) is 21.4 Å². The molecule has 0 bridgehead atoms.